The topological polar surface area (TPSA) is 54.5 Å². The molecule has 25 heavy (non-hydrogen) atoms. The van der Waals surface area contributed by atoms with Crippen LogP contribution in [0.1, 0.15) is 34.5 Å². The summed E-state index contributed by atoms with van der Waals surface area (Å²) in [5, 5.41) is 4.12. The van der Waals surface area contributed by atoms with Crippen molar-refractivity contribution < 1.29 is 9.53 Å². The quantitative estimate of drug-likeness (QED) is 0.849. The molecule has 1 aromatic heterocycles. The summed E-state index contributed by atoms with van der Waals surface area (Å²) >= 11 is 0. The van der Waals surface area contributed by atoms with Gasteiger partial charge in [0.15, 0.2) is 0 Å². The Bertz CT molecular complexity index is 769. The Labute approximate surface area is 148 Å². The lowest BCUT2D eigenvalue weighted by atomic mass is 10.0. The van der Waals surface area contributed by atoms with Crippen LogP contribution < -0.4 is 5.32 Å². The number of amides is 1. The fraction of sp³-hybridized carbons (Fsp3) is 0.500. The second kappa shape index (κ2) is 7.50. The number of aromatic nitrogens is 1. The Hall–Kier alpha value is -1.98. The number of para-hydroxylation sites is 1. The van der Waals surface area contributed by atoms with E-state index >= 15 is 0 Å². The molecule has 1 aliphatic heterocycles. The molecule has 1 saturated heterocycles. The number of carbonyl (C=O) groups is 1. The van der Waals surface area contributed by atoms with Crippen molar-refractivity contribution in [3.8, 4) is 0 Å². The zero-order valence-electron chi connectivity index (χ0n) is 14.6. The van der Waals surface area contributed by atoms with Gasteiger partial charge in [-0.25, -0.2) is 0 Å². The number of hydrogen-bond donors (Lipinski definition) is 1. The van der Waals surface area contributed by atoms with Gasteiger partial charge in [-0.05, 0) is 43.9 Å². The van der Waals surface area contributed by atoms with Crippen LogP contribution in [0.3, 0.4) is 0 Å². The summed E-state index contributed by atoms with van der Waals surface area (Å²) in [6.45, 7) is 5.36. The molecule has 132 valence electrons. The van der Waals surface area contributed by atoms with Crippen LogP contribution in [-0.4, -0.2) is 55.2 Å². The van der Waals surface area contributed by atoms with Crippen molar-refractivity contribution >= 4 is 16.8 Å². The summed E-state index contributed by atoms with van der Waals surface area (Å²) in [6.07, 6.45) is 4.01. The molecule has 4 rings (SSSR count). The zero-order chi connectivity index (χ0) is 17.1. The number of nitrogens with zero attached hydrogens (tertiary/aromatic N) is 2. The second-order valence-electron chi connectivity index (χ2n) is 6.85. The Kier molecular flexibility index (Phi) is 4.95. The third-order valence-electron chi connectivity index (χ3n) is 5.19. The van der Waals surface area contributed by atoms with Crippen molar-refractivity contribution in [2.75, 3.05) is 39.4 Å². The summed E-state index contributed by atoms with van der Waals surface area (Å²) in [7, 11) is 0. The highest BCUT2D eigenvalue weighted by molar-refractivity contribution is 6.07. The highest BCUT2D eigenvalue weighted by Crippen LogP contribution is 2.29. The molecule has 0 atom stereocenters. The van der Waals surface area contributed by atoms with Crippen LogP contribution in [0.4, 0.5) is 0 Å². The van der Waals surface area contributed by atoms with Crippen LogP contribution in [0.15, 0.2) is 24.3 Å². The SMILES string of the molecule is O=C(NCCCN1CCOCC1)c1c2c(nc3ccccc13)CCC2. The first-order valence-corrected chi connectivity index (χ1v) is 9.32. The van der Waals surface area contributed by atoms with Gasteiger partial charge < -0.3 is 10.1 Å². The standard InChI is InChI=1S/C20H25N3O2/c24-20(21-9-4-10-23-11-13-25-14-12-23)19-15-5-1-2-7-17(15)22-18-8-3-6-16(18)19/h1-2,5,7H,3-4,6,8-14H2,(H,21,24). The van der Waals surface area contributed by atoms with Gasteiger partial charge in [0.2, 0.25) is 0 Å². The molecule has 0 spiro atoms. The monoisotopic (exact) mass is 339 g/mol. The maximum atomic E-state index is 12.9. The molecule has 1 fully saturated rings. The van der Waals surface area contributed by atoms with Crippen molar-refractivity contribution in [1.29, 1.82) is 0 Å². The number of hydrogen-bond acceptors (Lipinski definition) is 4. The highest BCUT2D eigenvalue weighted by Gasteiger charge is 2.23. The molecule has 0 bridgehead atoms. The molecule has 5 heteroatoms. The Morgan fingerprint density at radius 1 is 1.20 bits per heavy atom. The van der Waals surface area contributed by atoms with E-state index in [1.165, 1.54) is 0 Å². The summed E-state index contributed by atoms with van der Waals surface area (Å²) in [5.74, 6) is 0.0544. The fourth-order valence-corrected chi connectivity index (χ4v) is 3.89. The molecule has 1 amide bonds. The first-order chi connectivity index (χ1) is 12.3. The third-order valence-corrected chi connectivity index (χ3v) is 5.19. The molecular formula is C20H25N3O2. The third kappa shape index (κ3) is 3.53. The lowest BCUT2D eigenvalue weighted by molar-refractivity contribution is 0.0374. The van der Waals surface area contributed by atoms with Crippen LogP contribution in [0.25, 0.3) is 10.9 Å². The van der Waals surface area contributed by atoms with Crippen LogP contribution in [0.5, 0.6) is 0 Å². The number of rotatable bonds is 5. The Morgan fingerprint density at radius 3 is 2.92 bits per heavy atom. The molecular weight excluding hydrogens is 314 g/mol. The van der Waals surface area contributed by atoms with Crippen LogP contribution in [-0.2, 0) is 17.6 Å². The van der Waals surface area contributed by atoms with E-state index in [2.05, 4.69) is 10.2 Å². The van der Waals surface area contributed by atoms with Gasteiger partial charge in [0.25, 0.3) is 5.91 Å². The maximum absolute atomic E-state index is 12.9. The minimum atomic E-state index is 0.0544. The van der Waals surface area contributed by atoms with E-state index in [-0.39, 0.29) is 5.91 Å². The summed E-state index contributed by atoms with van der Waals surface area (Å²) in [4.78, 5) is 20.1. The summed E-state index contributed by atoms with van der Waals surface area (Å²) in [6, 6.07) is 7.99. The first kappa shape index (κ1) is 16.5. The van der Waals surface area contributed by atoms with Crippen LogP contribution in [0, 0.1) is 0 Å². The number of benzene rings is 1. The molecule has 1 N–H and O–H groups in total. The van der Waals surface area contributed by atoms with E-state index in [9.17, 15) is 4.79 Å². The molecule has 5 nitrogen and oxygen atoms in total. The van der Waals surface area contributed by atoms with E-state index in [1.807, 2.05) is 24.3 Å². The normalized spacial score (nSPS) is 17.6. The van der Waals surface area contributed by atoms with Gasteiger partial charge in [0.05, 0.1) is 24.3 Å². The first-order valence-electron chi connectivity index (χ1n) is 9.32. The molecule has 0 unspecified atom stereocenters. The van der Waals surface area contributed by atoms with Gasteiger partial charge in [-0.1, -0.05) is 18.2 Å². The average Bonchev–Trinajstić information content (AvgIpc) is 3.11. The number of carbonyl (C=O) groups excluding carboxylic acids is 1. The van der Waals surface area contributed by atoms with Crippen molar-refractivity contribution in [1.82, 2.24) is 15.2 Å². The molecule has 0 saturated carbocycles. The molecule has 1 aromatic carbocycles. The van der Waals surface area contributed by atoms with Gasteiger partial charge in [0, 0.05) is 30.7 Å². The van der Waals surface area contributed by atoms with Gasteiger partial charge >= 0.3 is 0 Å². The number of ether oxygens (including phenoxy) is 1. The number of aryl methyl sites for hydroxylation is 1. The Balaban J connectivity index is 1.45. The zero-order valence-corrected chi connectivity index (χ0v) is 14.6. The van der Waals surface area contributed by atoms with E-state index < -0.39 is 0 Å². The maximum Gasteiger partial charge on any atom is 0.252 e. The van der Waals surface area contributed by atoms with Gasteiger partial charge in [-0.15, -0.1) is 0 Å². The average molecular weight is 339 g/mol. The molecule has 0 radical (unpaired) electrons. The highest BCUT2D eigenvalue weighted by atomic mass is 16.5. The van der Waals surface area contributed by atoms with Crippen molar-refractivity contribution in [2.45, 2.75) is 25.7 Å². The predicted molar refractivity (Wildman–Crippen MR) is 98.0 cm³/mol. The largest absolute Gasteiger partial charge is 0.379 e. The van der Waals surface area contributed by atoms with Crippen molar-refractivity contribution in [3.63, 3.8) is 0 Å². The van der Waals surface area contributed by atoms with Gasteiger partial charge in [-0.3, -0.25) is 14.7 Å². The minimum absolute atomic E-state index is 0.0544. The second-order valence-corrected chi connectivity index (χ2v) is 6.85. The number of nitrogens with one attached hydrogen (secondary N) is 1. The summed E-state index contributed by atoms with van der Waals surface area (Å²) < 4.78 is 5.37. The van der Waals surface area contributed by atoms with E-state index in [1.54, 1.807) is 0 Å². The van der Waals surface area contributed by atoms with E-state index in [0.29, 0.717) is 6.54 Å². The number of pyridine rings is 1. The summed E-state index contributed by atoms with van der Waals surface area (Å²) in [5.41, 5.74) is 4.05. The van der Waals surface area contributed by atoms with Gasteiger partial charge in [0.1, 0.15) is 0 Å². The number of fused-ring (bicyclic) bond motifs is 2. The molecule has 1 aliphatic carbocycles. The van der Waals surface area contributed by atoms with E-state index in [0.717, 1.165) is 86.3 Å². The minimum Gasteiger partial charge on any atom is -0.379 e. The van der Waals surface area contributed by atoms with Gasteiger partial charge in [-0.2, -0.15) is 0 Å². The predicted octanol–water partition coefficient (Wildman–Crippen LogP) is 2.18. The lowest BCUT2D eigenvalue weighted by Gasteiger charge is -2.26. The van der Waals surface area contributed by atoms with Crippen LogP contribution in [0.2, 0.25) is 0 Å². The molecule has 2 heterocycles. The van der Waals surface area contributed by atoms with Crippen molar-refractivity contribution in [3.05, 3.63) is 41.1 Å². The number of morpholine rings is 1. The fourth-order valence-electron chi connectivity index (χ4n) is 3.89. The van der Waals surface area contributed by atoms with Crippen molar-refractivity contribution in [2.24, 2.45) is 0 Å². The molecule has 2 aliphatic rings. The van der Waals surface area contributed by atoms with Crippen LogP contribution >= 0.6 is 0 Å². The smallest absolute Gasteiger partial charge is 0.252 e. The molecule has 2 aromatic rings. The Morgan fingerprint density at radius 2 is 2.04 bits per heavy atom. The van der Waals surface area contributed by atoms with E-state index in [4.69, 9.17) is 9.72 Å². The lowest BCUT2D eigenvalue weighted by Crippen LogP contribution is -2.38.